The molecule has 0 fully saturated rings. The molecule has 0 aliphatic heterocycles. The van der Waals surface area contributed by atoms with Gasteiger partial charge in [-0.15, -0.1) is 0 Å². The Hall–Kier alpha value is -1.36. The first-order valence-corrected chi connectivity index (χ1v) is 7.71. The van der Waals surface area contributed by atoms with E-state index in [0.717, 1.165) is 38.5 Å². The number of rotatable bonds is 12. The Labute approximate surface area is 127 Å². The van der Waals surface area contributed by atoms with Crippen molar-refractivity contribution < 1.29 is 19.4 Å². The number of ether oxygens (including phenoxy) is 1. The third kappa shape index (κ3) is 13.4. The van der Waals surface area contributed by atoms with Crippen molar-refractivity contribution in [3.63, 3.8) is 0 Å². The number of carbonyl (C=O) groups is 2. The maximum absolute atomic E-state index is 10.9. The van der Waals surface area contributed by atoms with E-state index in [1.165, 1.54) is 20.5 Å². The molecule has 0 bridgehead atoms. The Morgan fingerprint density at radius 3 is 2.33 bits per heavy atom. The molecule has 0 aromatic rings. The van der Waals surface area contributed by atoms with Crippen molar-refractivity contribution in [1.29, 1.82) is 0 Å². The topological polar surface area (TPSA) is 75.6 Å². The van der Waals surface area contributed by atoms with Gasteiger partial charge in [0.2, 0.25) is 5.91 Å². The van der Waals surface area contributed by atoms with Crippen LogP contribution >= 0.6 is 0 Å². The van der Waals surface area contributed by atoms with Crippen molar-refractivity contribution in [1.82, 2.24) is 5.32 Å². The fraction of sp³-hybridized carbons (Fsp3) is 0.750. The number of methoxy groups -OCH3 is 1. The van der Waals surface area contributed by atoms with Gasteiger partial charge < -0.3 is 15.2 Å². The van der Waals surface area contributed by atoms with Gasteiger partial charge in [0.05, 0.1) is 19.8 Å². The van der Waals surface area contributed by atoms with Crippen molar-refractivity contribution >= 4 is 11.9 Å². The molecule has 1 amide bonds. The van der Waals surface area contributed by atoms with Gasteiger partial charge in [0.15, 0.2) is 0 Å². The number of hydrogen-bond acceptors (Lipinski definition) is 4. The Morgan fingerprint density at radius 2 is 1.76 bits per heavy atom. The molecule has 1 unspecified atom stereocenters. The lowest BCUT2D eigenvalue weighted by Crippen LogP contribution is -2.34. The summed E-state index contributed by atoms with van der Waals surface area (Å²) in [6, 6.07) is -0.277. The minimum absolute atomic E-state index is 0.0731. The van der Waals surface area contributed by atoms with Crippen LogP contribution < -0.4 is 5.32 Å². The van der Waals surface area contributed by atoms with E-state index in [9.17, 15) is 9.59 Å². The zero-order valence-electron chi connectivity index (χ0n) is 13.3. The number of unbranched alkanes of at least 4 members (excludes halogenated alkanes) is 6. The third-order valence-corrected chi connectivity index (χ3v) is 3.18. The zero-order chi connectivity index (χ0) is 15.9. The zero-order valence-corrected chi connectivity index (χ0v) is 13.3. The summed E-state index contributed by atoms with van der Waals surface area (Å²) in [5.74, 6) is -0.261. The molecule has 0 rings (SSSR count). The van der Waals surface area contributed by atoms with Crippen molar-refractivity contribution in [3.05, 3.63) is 12.2 Å². The molecule has 0 aromatic heterocycles. The van der Waals surface area contributed by atoms with Gasteiger partial charge in [-0.3, -0.25) is 9.59 Å². The predicted octanol–water partition coefficient (Wildman–Crippen LogP) is 2.33. The average molecular weight is 299 g/mol. The smallest absolute Gasteiger partial charge is 0.305 e. The van der Waals surface area contributed by atoms with Crippen LogP contribution in [0.4, 0.5) is 0 Å². The monoisotopic (exact) mass is 299 g/mol. The molecule has 0 aromatic carbocycles. The van der Waals surface area contributed by atoms with Gasteiger partial charge in [0.1, 0.15) is 0 Å². The van der Waals surface area contributed by atoms with Gasteiger partial charge in [-0.05, 0) is 19.3 Å². The molecule has 0 aliphatic rings. The highest BCUT2D eigenvalue weighted by Gasteiger charge is 2.02. The van der Waals surface area contributed by atoms with Crippen LogP contribution in [0.3, 0.4) is 0 Å². The van der Waals surface area contributed by atoms with Crippen LogP contribution in [0, 0.1) is 0 Å². The number of nitrogens with one attached hydrogen (secondary N) is 1. The summed E-state index contributed by atoms with van der Waals surface area (Å²) in [7, 11) is 1.42. The molecular formula is C16H29NO4. The van der Waals surface area contributed by atoms with Gasteiger partial charge in [-0.2, -0.15) is 0 Å². The second kappa shape index (κ2) is 13.6. The Balaban J connectivity index is 3.42. The number of aliphatic hydroxyl groups is 1. The average Bonchev–Trinajstić information content (AvgIpc) is 2.47. The van der Waals surface area contributed by atoms with Crippen LogP contribution in [-0.4, -0.2) is 36.7 Å². The summed E-state index contributed by atoms with van der Waals surface area (Å²) < 4.78 is 4.58. The van der Waals surface area contributed by atoms with E-state index in [1.54, 1.807) is 0 Å². The fourth-order valence-electron chi connectivity index (χ4n) is 2.02. The first-order valence-electron chi connectivity index (χ1n) is 7.71. The van der Waals surface area contributed by atoms with Crippen molar-refractivity contribution in [3.8, 4) is 0 Å². The lowest BCUT2D eigenvalue weighted by Gasteiger charge is -2.09. The molecule has 1 atom stereocenters. The molecule has 0 saturated heterocycles. The number of carbonyl (C=O) groups excluding carboxylic acids is 2. The second-order valence-electron chi connectivity index (χ2n) is 5.15. The van der Waals surface area contributed by atoms with Gasteiger partial charge in [0, 0.05) is 13.3 Å². The quantitative estimate of drug-likeness (QED) is 0.329. The molecule has 0 spiro atoms. The first kappa shape index (κ1) is 19.6. The molecule has 0 aliphatic carbocycles. The largest absolute Gasteiger partial charge is 0.469 e. The number of esters is 1. The van der Waals surface area contributed by atoms with E-state index in [1.807, 2.05) is 12.2 Å². The molecule has 0 heterocycles. The molecule has 5 heteroatoms. The summed E-state index contributed by atoms with van der Waals surface area (Å²) in [4.78, 5) is 21.7. The van der Waals surface area contributed by atoms with Crippen molar-refractivity contribution in [2.24, 2.45) is 0 Å². The molecule has 2 N–H and O–H groups in total. The number of aliphatic hydroxyl groups excluding tert-OH is 1. The van der Waals surface area contributed by atoms with Crippen LogP contribution in [0.5, 0.6) is 0 Å². The van der Waals surface area contributed by atoms with Gasteiger partial charge >= 0.3 is 5.97 Å². The summed E-state index contributed by atoms with van der Waals surface area (Å²) in [6.07, 6.45) is 11.9. The van der Waals surface area contributed by atoms with Crippen LogP contribution in [-0.2, 0) is 14.3 Å². The highest BCUT2D eigenvalue weighted by molar-refractivity contribution is 5.73. The number of allylic oxidation sites excluding steroid dienone is 1. The summed E-state index contributed by atoms with van der Waals surface area (Å²) in [5.41, 5.74) is 0. The lowest BCUT2D eigenvalue weighted by atomic mass is 10.1. The van der Waals surface area contributed by atoms with E-state index in [0.29, 0.717) is 6.42 Å². The number of hydrogen-bond donors (Lipinski definition) is 2. The van der Waals surface area contributed by atoms with Crippen LogP contribution in [0.1, 0.15) is 58.3 Å². The molecule has 5 nitrogen and oxygen atoms in total. The summed E-state index contributed by atoms with van der Waals surface area (Å²) in [5, 5.41) is 11.7. The molecule has 0 radical (unpaired) electrons. The van der Waals surface area contributed by atoms with Gasteiger partial charge in [0.25, 0.3) is 0 Å². The fourth-order valence-corrected chi connectivity index (χ4v) is 2.02. The first-order chi connectivity index (χ1) is 10.1. The second-order valence-corrected chi connectivity index (χ2v) is 5.15. The van der Waals surface area contributed by atoms with Gasteiger partial charge in [-0.1, -0.05) is 37.8 Å². The minimum atomic E-state index is -0.277. The Kier molecular flexibility index (Phi) is 12.7. The highest BCUT2D eigenvalue weighted by atomic mass is 16.5. The SMILES string of the molecule is COC(=O)CCCCCCCCC=CC(CO)NC(C)=O. The van der Waals surface area contributed by atoms with Crippen LogP contribution in [0.2, 0.25) is 0 Å². The van der Waals surface area contributed by atoms with E-state index >= 15 is 0 Å². The molecule has 122 valence electrons. The highest BCUT2D eigenvalue weighted by Crippen LogP contribution is 2.09. The van der Waals surface area contributed by atoms with Crippen molar-refractivity contribution in [2.75, 3.05) is 13.7 Å². The van der Waals surface area contributed by atoms with Crippen LogP contribution in [0.15, 0.2) is 12.2 Å². The summed E-state index contributed by atoms with van der Waals surface area (Å²) >= 11 is 0. The maximum atomic E-state index is 10.9. The van der Waals surface area contributed by atoms with Crippen LogP contribution in [0.25, 0.3) is 0 Å². The van der Waals surface area contributed by atoms with E-state index in [4.69, 9.17) is 5.11 Å². The molecule has 21 heavy (non-hydrogen) atoms. The van der Waals surface area contributed by atoms with E-state index in [-0.39, 0.29) is 24.5 Å². The number of amides is 1. The molecular weight excluding hydrogens is 270 g/mol. The lowest BCUT2D eigenvalue weighted by molar-refractivity contribution is -0.140. The van der Waals surface area contributed by atoms with Gasteiger partial charge in [-0.25, -0.2) is 0 Å². The predicted molar refractivity (Wildman–Crippen MR) is 82.8 cm³/mol. The molecule has 0 saturated carbocycles. The maximum Gasteiger partial charge on any atom is 0.305 e. The van der Waals surface area contributed by atoms with E-state index in [2.05, 4.69) is 10.1 Å². The Morgan fingerprint density at radius 1 is 1.14 bits per heavy atom. The van der Waals surface area contributed by atoms with Crippen molar-refractivity contribution in [2.45, 2.75) is 64.3 Å². The standard InChI is InChI=1S/C16H29NO4/c1-14(19)17-15(13-18)11-9-7-5-3-4-6-8-10-12-16(20)21-2/h9,11,15,18H,3-8,10,12-13H2,1-2H3,(H,17,19). The Bertz CT molecular complexity index is 315. The van der Waals surface area contributed by atoms with E-state index < -0.39 is 0 Å². The normalized spacial score (nSPS) is 12.3. The minimum Gasteiger partial charge on any atom is -0.469 e. The third-order valence-electron chi connectivity index (χ3n) is 3.18. The summed E-state index contributed by atoms with van der Waals surface area (Å²) in [6.45, 7) is 1.37.